The maximum absolute atomic E-state index is 13.3. The van der Waals surface area contributed by atoms with Crippen LogP contribution in [0.4, 0.5) is 10.1 Å². The van der Waals surface area contributed by atoms with Crippen molar-refractivity contribution in [2.24, 2.45) is 0 Å². The average molecular weight is 451 g/mol. The highest BCUT2D eigenvalue weighted by Gasteiger charge is 2.20. The topological polar surface area (TPSA) is 102 Å². The summed E-state index contributed by atoms with van der Waals surface area (Å²) in [6.45, 7) is 0. The van der Waals surface area contributed by atoms with Gasteiger partial charge in [-0.2, -0.15) is 0 Å². The number of hydrogen-bond acceptors (Lipinski definition) is 5. The minimum atomic E-state index is -3.84. The van der Waals surface area contributed by atoms with E-state index < -0.39 is 27.7 Å². The third-order valence-electron chi connectivity index (χ3n) is 4.13. The van der Waals surface area contributed by atoms with Gasteiger partial charge in [-0.3, -0.25) is 9.59 Å². The van der Waals surface area contributed by atoms with E-state index in [2.05, 4.69) is 5.32 Å². The summed E-state index contributed by atoms with van der Waals surface area (Å²) >= 11 is 6.05. The Morgan fingerprint density at radius 3 is 2.33 bits per heavy atom. The fraction of sp³-hybridized carbons (Fsp3) is 0.100. The zero-order valence-electron chi connectivity index (χ0n) is 15.8. The minimum Gasteiger partial charge on any atom is -0.495 e. The number of hydrogen-bond donors (Lipinski definition) is 2. The zero-order valence-corrected chi connectivity index (χ0v) is 17.4. The van der Waals surface area contributed by atoms with E-state index >= 15 is 0 Å². The Bertz CT molecular complexity index is 1280. The summed E-state index contributed by atoms with van der Waals surface area (Å²) in [5.41, 5.74) is 0.0848. The second-order valence-corrected chi connectivity index (χ2v) is 8.55. The maximum Gasteiger partial charge on any atom is 0.266 e. The second-order valence-electron chi connectivity index (χ2n) is 6.40. The molecular weight excluding hydrogens is 435 g/mol. The van der Waals surface area contributed by atoms with Crippen LogP contribution in [-0.4, -0.2) is 33.6 Å². The van der Waals surface area contributed by atoms with Crippen LogP contribution in [0.25, 0.3) is 10.8 Å². The Morgan fingerprint density at radius 1 is 1.00 bits per heavy atom. The number of rotatable bonds is 5. The van der Waals surface area contributed by atoms with Crippen LogP contribution in [0, 0.1) is 5.82 Å². The van der Waals surface area contributed by atoms with Crippen molar-refractivity contribution in [3.63, 3.8) is 0 Å². The third-order valence-corrected chi connectivity index (χ3v) is 4.98. The van der Waals surface area contributed by atoms with E-state index in [1.807, 2.05) is 4.72 Å². The van der Waals surface area contributed by atoms with Crippen LogP contribution < -0.4 is 14.8 Å². The van der Waals surface area contributed by atoms with Gasteiger partial charge in [0.05, 0.1) is 29.6 Å². The van der Waals surface area contributed by atoms with Gasteiger partial charge in [-0.15, -0.1) is 0 Å². The Balaban J connectivity index is 1.99. The summed E-state index contributed by atoms with van der Waals surface area (Å²) in [6.07, 6.45) is 0.826. The molecule has 0 aliphatic carbocycles. The Kier molecular flexibility index (Phi) is 5.95. The number of halogens is 2. The molecule has 7 nitrogen and oxygen atoms in total. The van der Waals surface area contributed by atoms with Gasteiger partial charge in [0.15, 0.2) is 0 Å². The fourth-order valence-corrected chi connectivity index (χ4v) is 3.46. The lowest BCUT2D eigenvalue weighted by atomic mass is 10.1. The number of sulfonamides is 1. The first-order valence-corrected chi connectivity index (χ1v) is 10.7. The van der Waals surface area contributed by atoms with Gasteiger partial charge in [0.2, 0.25) is 10.0 Å². The molecule has 0 radical (unpaired) electrons. The van der Waals surface area contributed by atoms with Crippen LogP contribution in [0.2, 0.25) is 5.02 Å². The molecule has 3 rings (SSSR count). The molecule has 0 fully saturated rings. The minimum absolute atomic E-state index is 0.00148. The molecule has 0 aliphatic rings. The molecule has 0 unspecified atom stereocenters. The maximum atomic E-state index is 13.3. The predicted octanol–water partition coefficient (Wildman–Crippen LogP) is 3.58. The van der Waals surface area contributed by atoms with E-state index in [4.69, 9.17) is 16.3 Å². The van der Waals surface area contributed by atoms with E-state index in [0.717, 1.165) is 6.26 Å². The number of fused-ring (bicyclic) bond motifs is 1. The van der Waals surface area contributed by atoms with Gasteiger partial charge < -0.3 is 10.1 Å². The van der Waals surface area contributed by atoms with Crippen LogP contribution in [0.1, 0.15) is 20.7 Å². The molecule has 2 amide bonds. The molecule has 0 atom stereocenters. The lowest BCUT2D eigenvalue weighted by Crippen LogP contribution is -2.30. The zero-order chi connectivity index (χ0) is 22.1. The molecule has 0 spiro atoms. The molecule has 156 valence electrons. The molecule has 3 aromatic rings. The normalized spacial score (nSPS) is 11.2. The van der Waals surface area contributed by atoms with Crippen molar-refractivity contribution in [2.45, 2.75) is 0 Å². The standard InChI is InChI=1S/C20H16ClFN2O5S/c1-29-18-10-17(15(9-16(18)21)20(26)24-30(2,27)28)23-19(25)13-4-3-12-8-14(22)6-5-11(12)7-13/h3-10H,1-2H3,(H,23,25)(H,24,26). The smallest absolute Gasteiger partial charge is 0.266 e. The summed E-state index contributed by atoms with van der Waals surface area (Å²) in [4.78, 5) is 25.1. The number of anilines is 1. The SMILES string of the molecule is COc1cc(NC(=O)c2ccc3cc(F)ccc3c2)c(C(=O)NS(C)(=O)=O)cc1Cl. The summed E-state index contributed by atoms with van der Waals surface area (Å²) in [7, 11) is -2.49. The van der Waals surface area contributed by atoms with Gasteiger partial charge in [-0.05, 0) is 41.1 Å². The van der Waals surface area contributed by atoms with Crippen molar-refractivity contribution in [1.82, 2.24) is 4.72 Å². The van der Waals surface area contributed by atoms with Crippen molar-refractivity contribution in [2.75, 3.05) is 18.7 Å². The van der Waals surface area contributed by atoms with Crippen molar-refractivity contribution in [3.05, 3.63) is 70.5 Å². The molecule has 0 bridgehead atoms. The monoisotopic (exact) mass is 450 g/mol. The van der Waals surface area contributed by atoms with E-state index in [1.165, 1.54) is 43.5 Å². The van der Waals surface area contributed by atoms with E-state index in [-0.39, 0.29) is 27.6 Å². The first kappa shape index (κ1) is 21.5. The number of methoxy groups -OCH3 is 1. The molecule has 2 N–H and O–H groups in total. The predicted molar refractivity (Wildman–Crippen MR) is 112 cm³/mol. The van der Waals surface area contributed by atoms with Crippen molar-refractivity contribution < 1.29 is 27.1 Å². The van der Waals surface area contributed by atoms with Gasteiger partial charge >= 0.3 is 0 Å². The van der Waals surface area contributed by atoms with Gasteiger partial charge in [-0.25, -0.2) is 17.5 Å². The number of nitrogens with one attached hydrogen (secondary N) is 2. The van der Waals surface area contributed by atoms with Crippen LogP contribution in [0.5, 0.6) is 5.75 Å². The highest BCUT2D eigenvalue weighted by Crippen LogP contribution is 2.32. The number of ether oxygens (including phenoxy) is 1. The Morgan fingerprint density at radius 2 is 1.67 bits per heavy atom. The Hall–Kier alpha value is -3.17. The molecule has 10 heteroatoms. The van der Waals surface area contributed by atoms with Crippen LogP contribution >= 0.6 is 11.6 Å². The van der Waals surface area contributed by atoms with Crippen molar-refractivity contribution in [3.8, 4) is 5.75 Å². The van der Waals surface area contributed by atoms with Crippen LogP contribution in [-0.2, 0) is 10.0 Å². The molecule has 0 heterocycles. The van der Waals surface area contributed by atoms with Crippen LogP contribution in [0.3, 0.4) is 0 Å². The second kappa shape index (κ2) is 8.29. The lowest BCUT2D eigenvalue weighted by Gasteiger charge is -2.14. The number of carbonyl (C=O) groups is 2. The summed E-state index contributed by atoms with van der Waals surface area (Å²) in [5.74, 6) is -1.75. The molecular formula is C20H16ClFN2O5S. The van der Waals surface area contributed by atoms with Gasteiger partial charge in [-0.1, -0.05) is 23.7 Å². The van der Waals surface area contributed by atoms with Gasteiger partial charge in [0.1, 0.15) is 11.6 Å². The molecule has 3 aromatic carbocycles. The van der Waals surface area contributed by atoms with E-state index in [0.29, 0.717) is 10.8 Å². The van der Waals surface area contributed by atoms with Crippen molar-refractivity contribution in [1.29, 1.82) is 0 Å². The Labute approximate surface area is 176 Å². The molecule has 30 heavy (non-hydrogen) atoms. The quantitative estimate of drug-likeness (QED) is 0.618. The number of amides is 2. The third kappa shape index (κ3) is 4.87. The summed E-state index contributed by atoms with van der Waals surface area (Å²) in [5, 5.41) is 3.89. The molecule has 0 saturated carbocycles. The molecule has 0 saturated heterocycles. The van der Waals surface area contributed by atoms with Crippen molar-refractivity contribution >= 4 is 49.9 Å². The summed E-state index contributed by atoms with van der Waals surface area (Å²) < 4.78 is 43.1. The lowest BCUT2D eigenvalue weighted by molar-refractivity contribution is 0.0982. The first-order chi connectivity index (χ1) is 14.1. The largest absolute Gasteiger partial charge is 0.495 e. The van der Waals surface area contributed by atoms with Gasteiger partial charge in [0.25, 0.3) is 11.8 Å². The molecule has 0 aromatic heterocycles. The fourth-order valence-electron chi connectivity index (χ4n) is 2.78. The average Bonchev–Trinajstić information content (AvgIpc) is 2.67. The first-order valence-electron chi connectivity index (χ1n) is 8.48. The number of benzene rings is 3. The molecule has 0 aliphatic heterocycles. The highest BCUT2D eigenvalue weighted by molar-refractivity contribution is 7.89. The highest BCUT2D eigenvalue weighted by atomic mass is 35.5. The van der Waals surface area contributed by atoms with E-state index in [9.17, 15) is 22.4 Å². The number of carbonyl (C=O) groups excluding carboxylic acids is 2. The van der Waals surface area contributed by atoms with Crippen LogP contribution in [0.15, 0.2) is 48.5 Å². The van der Waals surface area contributed by atoms with Gasteiger partial charge in [0, 0.05) is 11.6 Å². The summed E-state index contributed by atoms with van der Waals surface area (Å²) in [6, 6.07) is 11.3. The van der Waals surface area contributed by atoms with E-state index in [1.54, 1.807) is 12.1 Å².